The van der Waals surface area contributed by atoms with Crippen LogP contribution in [0.15, 0.2) is 54.9 Å². The average Bonchev–Trinajstić information content (AvgIpc) is 2.84. The molecule has 18 heavy (non-hydrogen) atoms. The Morgan fingerprint density at radius 2 is 1.50 bits per heavy atom. The molecule has 2 aromatic carbocycles. The Morgan fingerprint density at radius 1 is 0.833 bits per heavy atom. The van der Waals surface area contributed by atoms with Gasteiger partial charge in [0.2, 0.25) is 0 Å². The smallest absolute Gasteiger partial charge is 0.136 e. The quantitative estimate of drug-likeness (QED) is 0.502. The number of nitrogens with zero attached hydrogens (tertiary/aromatic N) is 1. The van der Waals surface area contributed by atoms with E-state index in [1.165, 1.54) is 0 Å². The number of benzene rings is 2. The molecule has 2 heterocycles. The zero-order valence-corrected chi connectivity index (χ0v) is 9.55. The minimum Gasteiger partial charge on any atom is -0.456 e. The van der Waals surface area contributed by atoms with Gasteiger partial charge in [-0.1, -0.05) is 24.3 Å². The Hall–Kier alpha value is -2.55. The summed E-state index contributed by atoms with van der Waals surface area (Å²) in [6.07, 6.45) is 1.73. The SMILES string of the molecule is c1ccc2c(c1)Oc1ccccc1-c1[nH]cnc1-2. The van der Waals surface area contributed by atoms with Gasteiger partial charge in [-0.2, -0.15) is 0 Å². The van der Waals surface area contributed by atoms with Crippen molar-refractivity contribution in [3.05, 3.63) is 54.9 Å². The van der Waals surface area contributed by atoms with E-state index in [-0.39, 0.29) is 0 Å². The minimum absolute atomic E-state index is 0.843. The maximum absolute atomic E-state index is 5.98. The summed E-state index contributed by atoms with van der Waals surface area (Å²) in [6, 6.07) is 16.0. The van der Waals surface area contributed by atoms with E-state index in [1.54, 1.807) is 6.33 Å². The summed E-state index contributed by atoms with van der Waals surface area (Å²) in [7, 11) is 0. The highest BCUT2D eigenvalue weighted by molar-refractivity contribution is 5.86. The number of aromatic nitrogens is 2. The van der Waals surface area contributed by atoms with Crippen LogP contribution in [0.2, 0.25) is 0 Å². The van der Waals surface area contributed by atoms with E-state index < -0.39 is 0 Å². The lowest BCUT2D eigenvalue weighted by molar-refractivity contribution is 0.487. The second-order valence-corrected chi connectivity index (χ2v) is 4.22. The maximum atomic E-state index is 5.98. The van der Waals surface area contributed by atoms with Crippen LogP contribution >= 0.6 is 0 Å². The molecular weight excluding hydrogens is 224 g/mol. The Labute approximate surface area is 104 Å². The van der Waals surface area contributed by atoms with Crippen molar-refractivity contribution in [3.63, 3.8) is 0 Å². The van der Waals surface area contributed by atoms with Gasteiger partial charge in [0.1, 0.15) is 11.5 Å². The molecule has 0 fully saturated rings. The first-order chi connectivity index (χ1) is 8.93. The number of aromatic amines is 1. The van der Waals surface area contributed by atoms with Gasteiger partial charge >= 0.3 is 0 Å². The fraction of sp³-hybridized carbons (Fsp3) is 0. The van der Waals surface area contributed by atoms with Crippen LogP contribution in [0.4, 0.5) is 0 Å². The van der Waals surface area contributed by atoms with E-state index in [4.69, 9.17) is 4.74 Å². The molecule has 86 valence electrons. The molecule has 0 aliphatic carbocycles. The summed E-state index contributed by atoms with van der Waals surface area (Å²) in [5.74, 6) is 1.70. The number of imidazole rings is 1. The lowest BCUT2D eigenvalue weighted by Gasteiger charge is -2.07. The molecule has 1 aliphatic heterocycles. The van der Waals surface area contributed by atoms with E-state index in [0.717, 1.165) is 34.0 Å². The Morgan fingerprint density at radius 3 is 2.33 bits per heavy atom. The summed E-state index contributed by atoms with van der Waals surface area (Å²) >= 11 is 0. The standard InChI is InChI=1S/C15H10N2O/c1-3-7-12-10(5-1)14-15(17-9-16-14)11-6-2-4-8-13(11)18-12/h1-9H,(H,16,17). The highest BCUT2D eigenvalue weighted by atomic mass is 16.5. The largest absolute Gasteiger partial charge is 0.456 e. The lowest BCUT2D eigenvalue weighted by atomic mass is 10.1. The van der Waals surface area contributed by atoms with Crippen LogP contribution in [-0.4, -0.2) is 9.97 Å². The van der Waals surface area contributed by atoms with Crippen molar-refractivity contribution in [2.24, 2.45) is 0 Å². The second-order valence-electron chi connectivity index (χ2n) is 4.22. The van der Waals surface area contributed by atoms with E-state index >= 15 is 0 Å². The van der Waals surface area contributed by atoms with Crippen LogP contribution in [-0.2, 0) is 0 Å². The van der Waals surface area contributed by atoms with Gasteiger partial charge in [-0.25, -0.2) is 4.98 Å². The molecular formula is C15H10N2O. The number of rotatable bonds is 0. The zero-order chi connectivity index (χ0) is 11.9. The third kappa shape index (κ3) is 1.21. The normalized spacial score (nSPS) is 11.8. The third-order valence-corrected chi connectivity index (χ3v) is 3.16. The first-order valence-corrected chi connectivity index (χ1v) is 5.83. The topological polar surface area (TPSA) is 37.9 Å². The van der Waals surface area contributed by atoms with Crippen LogP contribution < -0.4 is 4.74 Å². The second kappa shape index (κ2) is 3.47. The molecule has 3 aromatic rings. The molecule has 1 aliphatic rings. The number of H-pyrrole nitrogens is 1. The maximum Gasteiger partial charge on any atom is 0.136 e. The predicted molar refractivity (Wildman–Crippen MR) is 69.5 cm³/mol. The molecule has 0 spiro atoms. The molecule has 0 atom stereocenters. The number of hydrogen-bond acceptors (Lipinski definition) is 2. The monoisotopic (exact) mass is 234 g/mol. The van der Waals surface area contributed by atoms with Gasteiger partial charge in [-0.15, -0.1) is 0 Å². The molecule has 4 rings (SSSR count). The van der Waals surface area contributed by atoms with Crippen LogP contribution in [0.3, 0.4) is 0 Å². The first-order valence-electron chi connectivity index (χ1n) is 5.83. The highest BCUT2D eigenvalue weighted by Crippen LogP contribution is 2.44. The fourth-order valence-electron chi connectivity index (χ4n) is 2.34. The third-order valence-electron chi connectivity index (χ3n) is 3.16. The molecule has 0 radical (unpaired) electrons. The summed E-state index contributed by atoms with van der Waals surface area (Å²) in [5.41, 5.74) is 4.01. The average molecular weight is 234 g/mol. The number of hydrogen-bond donors (Lipinski definition) is 1. The van der Waals surface area contributed by atoms with Gasteiger partial charge in [0.05, 0.1) is 17.7 Å². The van der Waals surface area contributed by atoms with E-state index in [1.807, 2.05) is 48.5 Å². The number of fused-ring (bicyclic) bond motifs is 5. The van der Waals surface area contributed by atoms with Gasteiger partial charge in [0.15, 0.2) is 0 Å². The molecule has 0 amide bonds. The van der Waals surface area contributed by atoms with Crippen molar-refractivity contribution in [1.29, 1.82) is 0 Å². The van der Waals surface area contributed by atoms with E-state index in [2.05, 4.69) is 9.97 Å². The van der Waals surface area contributed by atoms with Crippen molar-refractivity contribution in [1.82, 2.24) is 9.97 Å². The summed E-state index contributed by atoms with van der Waals surface area (Å²) in [5, 5.41) is 0. The Balaban J connectivity index is 2.12. The van der Waals surface area contributed by atoms with Crippen molar-refractivity contribution in [2.45, 2.75) is 0 Å². The Bertz CT molecular complexity index is 671. The van der Waals surface area contributed by atoms with E-state index in [0.29, 0.717) is 0 Å². The van der Waals surface area contributed by atoms with Gasteiger partial charge in [-0.3, -0.25) is 0 Å². The van der Waals surface area contributed by atoms with Crippen LogP contribution in [0.5, 0.6) is 11.5 Å². The summed E-state index contributed by atoms with van der Waals surface area (Å²) < 4.78 is 5.98. The molecule has 3 heteroatoms. The van der Waals surface area contributed by atoms with Gasteiger partial charge in [0, 0.05) is 11.1 Å². The molecule has 0 saturated heterocycles. The lowest BCUT2D eigenvalue weighted by Crippen LogP contribution is -1.85. The number of para-hydroxylation sites is 2. The molecule has 1 N–H and O–H groups in total. The van der Waals surface area contributed by atoms with Gasteiger partial charge < -0.3 is 9.72 Å². The van der Waals surface area contributed by atoms with Gasteiger partial charge in [0.25, 0.3) is 0 Å². The molecule has 3 nitrogen and oxygen atoms in total. The van der Waals surface area contributed by atoms with Crippen molar-refractivity contribution in [2.75, 3.05) is 0 Å². The minimum atomic E-state index is 0.843. The molecule has 0 saturated carbocycles. The van der Waals surface area contributed by atoms with Crippen molar-refractivity contribution >= 4 is 0 Å². The van der Waals surface area contributed by atoms with Gasteiger partial charge in [-0.05, 0) is 24.3 Å². The summed E-state index contributed by atoms with van der Waals surface area (Å²) in [6.45, 7) is 0. The number of nitrogens with one attached hydrogen (secondary N) is 1. The number of ether oxygens (including phenoxy) is 1. The van der Waals surface area contributed by atoms with Crippen LogP contribution in [0.1, 0.15) is 0 Å². The first kappa shape index (κ1) is 9.48. The molecule has 1 aromatic heterocycles. The van der Waals surface area contributed by atoms with Crippen LogP contribution in [0.25, 0.3) is 22.5 Å². The van der Waals surface area contributed by atoms with E-state index in [9.17, 15) is 0 Å². The van der Waals surface area contributed by atoms with Crippen molar-refractivity contribution in [3.8, 4) is 34.0 Å². The van der Waals surface area contributed by atoms with Crippen molar-refractivity contribution < 1.29 is 4.74 Å². The molecule has 0 bridgehead atoms. The predicted octanol–water partition coefficient (Wildman–Crippen LogP) is 3.85. The zero-order valence-electron chi connectivity index (χ0n) is 9.55. The van der Waals surface area contributed by atoms with Crippen LogP contribution in [0, 0.1) is 0 Å². The molecule has 0 unspecified atom stereocenters. The highest BCUT2D eigenvalue weighted by Gasteiger charge is 2.21. The summed E-state index contributed by atoms with van der Waals surface area (Å²) in [4.78, 5) is 7.63. The fourth-order valence-corrected chi connectivity index (χ4v) is 2.34. The Kier molecular flexibility index (Phi) is 1.83.